The fourth-order valence-electron chi connectivity index (χ4n) is 1.25. The molecule has 0 unspecified atom stereocenters. The molecule has 0 radical (unpaired) electrons. The molecule has 110 valence electrons. The Balaban J connectivity index is 0.000000621. The molecular weight excluding hydrogens is 270 g/mol. The van der Waals surface area contributed by atoms with Gasteiger partial charge in [-0.3, -0.25) is 30.3 Å². The third-order valence-electron chi connectivity index (χ3n) is 2.23. The average Bonchev–Trinajstić information content (AvgIpc) is 2.39. The van der Waals surface area contributed by atoms with Gasteiger partial charge in [-0.25, -0.2) is 0 Å². The number of benzene rings is 1. The average molecular weight is 285 g/mol. The summed E-state index contributed by atoms with van der Waals surface area (Å²) in [7, 11) is 0. The van der Waals surface area contributed by atoms with E-state index in [4.69, 9.17) is 0 Å². The number of nitro groups is 3. The normalized spacial score (nSPS) is 9.30. The van der Waals surface area contributed by atoms with Gasteiger partial charge in [0.15, 0.2) is 0 Å². The number of nitro benzene ring substituents is 3. The topological polar surface area (TPSA) is 129 Å². The maximum atomic E-state index is 10.3. The van der Waals surface area contributed by atoms with Gasteiger partial charge in [0, 0.05) is 0 Å². The van der Waals surface area contributed by atoms with Gasteiger partial charge in [-0.05, 0) is 0 Å². The monoisotopic (exact) mass is 285 g/mol. The second-order valence-electron chi connectivity index (χ2n) is 3.83. The Kier molecular flexibility index (Phi) is 7.41. The molecule has 0 N–H and O–H groups in total. The summed E-state index contributed by atoms with van der Waals surface area (Å²) >= 11 is 0. The molecule has 0 amide bonds. The minimum atomic E-state index is -0.931. The lowest BCUT2D eigenvalue weighted by atomic mass is 10.2. The van der Waals surface area contributed by atoms with Crippen LogP contribution in [-0.4, -0.2) is 14.8 Å². The van der Waals surface area contributed by atoms with Crippen LogP contribution in [0.3, 0.4) is 0 Å². The quantitative estimate of drug-likeness (QED) is 0.600. The molecule has 0 saturated heterocycles. The van der Waals surface area contributed by atoms with E-state index in [2.05, 4.69) is 13.8 Å². The van der Waals surface area contributed by atoms with Crippen LogP contribution in [0.25, 0.3) is 0 Å². The van der Waals surface area contributed by atoms with E-state index in [1.165, 1.54) is 19.3 Å². The van der Waals surface area contributed by atoms with Crippen molar-refractivity contribution in [3.05, 3.63) is 48.5 Å². The second-order valence-corrected chi connectivity index (χ2v) is 3.83. The third kappa shape index (κ3) is 5.85. The summed E-state index contributed by atoms with van der Waals surface area (Å²) in [6, 6.07) is 1.98. The molecule has 0 saturated carbocycles. The molecule has 0 bridgehead atoms. The van der Waals surface area contributed by atoms with Crippen molar-refractivity contribution in [3.63, 3.8) is 0 Å². The van der Waals surface area contributed by atoms with Crippen molar-refractivity contribution in [3.8, 4) is 0 Å². The number of unbranched alkanes of at least 4 members (excludes halogenated alkanes) is 2. The Morgan fingerprint density at radius 1 is 0.750 bits per heavy atom. The van der Waals surface area contributed by atoms with E-state index in [1.54, 1.807) is 0 Å². The fourth-order valence-corrected chi connectivity index (χ4v) is 1.25. The van der Waals surface area contributed by atoms with E-state index in [0.29, 0.717) is 18.2 Å². The largest absolute Gasteiger partial charge is 0.283 e. The van der Waals surface area contributed by atoms with Gasteiger partial charge >= 0.3 is 0 Å². The van der Waals surface area contributed by atoms with Crippen molar-refractivity contribution in [1.29, 1.82) is 0 Å². The van der Waals surface area contributed by atoms with Gasteiger partial charge in [0.25, 0.3) is 17.1 Å². The highest BCUT2D eigenvalue weighted by Gasteiger charge is 2.21. The first-order chi connectivity index (χ1) is 9.33. The van der Waals surface area contributed by atoms with Crippen LogP contribution in [0, 0.1) is 30.3 Å². The first kappa shape index (κ1) is 17.4. The third-order valence-corrected chi connectivity index (χ3v) is 2.23. The van der Waals surface area contributed by atoms with E-state index in [-0.39, 0.29) is 0 Å². The van der Waals surface area contributed by atoms with Gasteiger partial charge in [-0.15, -0.1) is 0 Å². The van der Waals surface area contributed by atoms with Crippen molar-refractivity contribution in [2.75, 3.05) is 0 Å². The van der Waals surface area contributed by atoms with E-state index in [0.717, 1.165) is 0 Å². The molecular formula is C11H15N3O6. The molecule has 0 aliphatic heterocycles. The fraction of sp³-hybridized carbons (Fsp3) is 0.455. The van der Waals surface area contributed by atoms with Crippen LogP contribution in [0.2, 0.25) is 0 Å². The van der Waals surface area contributed by atoms with Crippen LogP contribution >= 0.6 is 0 Å². The van der Waals surface area contributed by atoms with Gasteiger partial charge in [-0.2, -0.15) is 0 Å². The Morgan fingerprint density at radius 3 is 1.10 bits per heavy atom. The SMILES string of the molecule is CCCCC.O=[N+]([O-])c1cc([N+](=O)[O-])cc([N+](=O)[O-])c1. The van der Waals surface area contributed by atoms with Crippen LogP contribution in [-0.2, 0) is 0 Å². The summed E-state index contributed by atoms with van der Waals surface area (Å²) in [6.07, 6.45) is 4.08. The summed E-state index contributed by atoms with van der Waals surface area (Å²) < 4.78 is 0. The van der Waals surface area contributed by atoms with Crippen molar-refractivity contribution >= 4 is 17.1 Å². The van der Waals surface area contributed by atoms with Crippen molar-refractivity contribution in [2.24, 2.45) is 0 Å². The standard InChI is InChI=1S/C6H3N3O6.C5H12/c10-7(11)4-1-5(8(12)13)3-6(2-4)9(14)15;1-3-5-4-2/h1-3H;3-5H2,1-2H3. The van der Waals surface area contributed by atoms with E-state index in [9.17, 15) is 30.3 Å². The summed E-state index contributed by atoms with van der Waals surface area (Å²) in [4.78, 5) is 28.1. The van der Waals surface area contributed by atoms with Gasteiger partial charge in [-0.1, -0.05) is 33.1 Å². The van der Waals surface area contributed by atoms with Crippen LogP contribution in [0.15, 0.2) is 18.2 Å². The molecule has 0 aliphatic rings. The van der Waals surface area contributed by atoms with E-state index < -0.39 is 31.8 Å². The molecule has 0 fully saturated rings. The highest BCUT2D eigenvalue weighted by Crippen LogP contribution is 2.26. The zero-order valence-electron chi connectivity index (χ0n) is 11.1. The summed E-state index contributed by atoms with van der Waals surface area (Å²) in [5, 5.41) is 30.9. The van der Waals surface area contributed by atoms with Crippen molar-refractivity contribution < 1.29 is 14.8 Å². The van der Waals surface area contributed by atoms with Gasteiger partial charge in [0.1, 0.15) is 0 Å². The second kappa shape index (κ2) is 8.51. The van der Waals surface area contributed by atoms with E-state index >= 15 is 0 Å². The van der Waals surface area contributed by atoms with Gasteiger partial charge < -0.3 is 0 Å². The maximum Gasteiger partial charge on any atom is 0.283 e. The lowest BCUT2D eigenvalue weighted by Crippen LogP contribution is -1.96. The molecule has 0 aromatic heterocycles. The van der Waals surface area contributed by atoms with Gasteiger partial charge in [0.05, 0.1) is 33.0 Å². The highest BCUT2D eigenvalue weighted by molar-refractivity contribution is 5.52. The molecule has 9 heteroatoms. The minimum absolute atomic E-state index is 0.660. The lowest BCUT2D eigenvalue weighted by Gasteiger charge is -1.93. The summed E-state index contributed by atoms with van der Waals surface area (Å²) in [6.45, 7) is 4.42. The number of rotatable bonds is 5. The number of hydrogen-bond acceptors (Lipinski definition) is 6. The zero-order chi connectivity index (χ0) is 15.7. The zero-order valence-corrected chi connectivity index (χ0v) is 11.1. The molecule has 0 heterocycles. The Hall–Kier alpha value is -2.58. The van der Waals surface area contributed by atoms with E-state index in [1.807, 2.05) is 0 Å². The first-order valence-electron chi connectivity index (χ1n) is 5.91. The molecule has 9 nitrogen and oxygen atoms in total. The maximum absolute atomic E-state index is 10.3. The predicted molar refractivity (Wildman–Crippen MR) is 71.6 cm³/mol. The first-order valence-corrected chi connectivity index (χ1v) is 5.91. The van der Waals surface area contributed by atoms with Crippen LogP contribution in [0.4, 0.5) is 17.1 Å². The Labute approximate surface area is 114 Å². The minimum Gasteiger partial charge on any atom is -0.258 e. The molecule has 0 atom stereocenters. The summed E-state index contributed by atoms with van der Waals surface area (Å²) in [5.41, 5.74) is -2.05. The molecule has 0 aliphatic carbocycles. The molecule has 1 rings (SSSR count). The van der Waals surface area contributed by atoms with Crippen molar-refractivity contribution in [2.45, 2.75) is 33.1 Å². The summed E-state index contributed by atoms with van der Waals surface area (Å²) in [5.74, 6) is 0. The smallest absolute Gasteiger partial charge is 0.258 e. The Morgan fingerprint density at radius 2 is 1.00 bits per heavy atom. The van der Waals surface area contributed by atoms with Crippen LogP contribution in [0.5, 0.6) is 0 Å². The van der Waals surface area contributed by atoms with Gasteiger partial charge in [0.2, 0.25) is 0 Å². The number of hydrogen-bond donors (Lipinski definition) is 0. The number of nitrogens with zero attached hydrogens (tertiary/aromatic N) is 3. The predicted octanol–water partition coefficient (Wildman–Crippen LogP) is 3.61. The molecule has 1 aromatic rings. The Bertz CT molecular complexity index is 422. The lowest BCUT2D eigenvalue weighted by molar-refractivity contribution is -0.403. The van der Waals surface area contributed by atoms with Crippen molar-refractivity contribution in [1.82, 2.24) is 0 Å². The van der Waals surface area contributed by atoms with Crippen LogP contribution in [0.1, 0.15) is 33.1 Å². The molecule has 20 heavy (non-hydrogen) atoms. The highest BCUT2D eigenvalue weighted by atomic mass is 16.6. The molecule has 1 aromatic carbocycles. The number of non-ortho nitro benzene ring substituents is 3. The molecule has 0 spiro atoms. The van der Waals surface area contributed by atoms with Crippen LogP contribution < -0.4 is 0 Å².